The average Bonchev–Trinajstić information content (AvgIpc) is 3.06. The van der Waals surface area contributed by atoms with E-state index in [4.69, 9.17) is 0 Å². The van der Waals surface area contributed by atoms with Crippen molar-refractivity contribution in [2.75, 3.05) is 0 Å². The van der Waals surface area contributed by atoms with E-state index in [1.165, 1.54) is 6.07 Å². The SMILES string of the molecule is Fc1ccc(C2=NC(c3cccs3)CC2)c(F)c1F. The van der Waals surface area contributed by atoms with Crippen molar-refractivity contribution in [2.45, 2.75) is 18.9 Å². The van der Waals surface area contributed by atoms with Crippen LogP contribution in [0.1, 0.15) is 29.3 Å². The van der Waals surface area contributed by atoms with Gasteiger partial charge in [0.2, 0.25) is 0 Å². The van der Waals surface area contributed by atoms with E-state index in [-0.39, 0.29) is 11.6 Å². The Morgan fingerprint density at radius 1 is 1.11 bits per heavy atom. The molecule has 1 unspecified atom stereocenters. The molecule has 2 aromatic rings. The molecule has 19 heavy (non-hydrogen) atoms. The molecule has 5 heteroatoms. The summed E-state index contributed by atoms with van der Waals surface area (Å²) in [5.74, 6) is -3.75. The van der Waals surface area contributed by atoms with Crippen LogP contribution >= 0.6 is 11.3 Å². The van der Waals surface area contributed by atoms with Crippen molar-refractivity contribution >= 4 is 17.0 Å². The molecule has 0 spiro atoms. The zero-order valence-corrected chi connectivity index (χ0v) is 10.7. The van der Waals surface area contributed by atoms with Crippen LogP contribution in [0.15, 0.2) is 34.6 Å². The molecular formula is C14H10F3NS. The molecular weight excluding hydrogens is 271 g/mol. The number of thiophene rings is 1. The number of benzene rings is 1. The Kier molecular flexibility index (Phi) is 3.14. The molecule has 2 heterocycles. The average molecular weight is 281 g/mol. The molecule has 0 radical (unpaired) electrons. The van der Waals surface area contributed by atoms with Crippen molar-refractivity contribution in [1.29, 1.82) is 0 Å². The van der Waals surface area contributed by atoms with Gasteiger partial charge in [-0.05, 0) is 36.4 Å². The van der Waals surface area contributed by atoms with Crippen molar-refractivity contribution in [2.24, 2.45) is 4.99 Å². The van der Waals surface area contributed by atoms with Gasteiger partial charge in [0, 0.05) is 16.2 Å². The molecule has 1 aromatic heterocycles. The Bertz CT molecular complexity index is 634. The summed E-state index contributed by atoms with van der Waals surface area (Å²) in [7, 11) is 0. The van der Waals surface area contributed by atoms with Gasteiger partial charge in [0.05, 0.1) is 6.04 Å². The largest absolute Gasteiger partial charge is 0.280 e. The highest BCUT2D eigenvalue weighted by molar-refractivity contribution is 7.10. The van der Waals surface area contributed by atoms with E-state index >= 15 is 0 Å². The Morgan fingerprint density at radius 3 is 2.68 bits per heavy atom. The molecule has 0 aliphatic carbocycles. The maximum atomic E-state index is 13.7. The molecule has 0 amide bonds. The van der Waals surface area contributed by atoms with Gasteiger partial charge < -0.3 is 0 Å². The molecule has 0 N–H and O–H groups in total. The zero-order chi connectivity index (χ0) is 13.4. The smallest absolute Gasteiger partial charge is 0.195 e. The van der Waals surface area contributed by atoms with Crippen LogP contribution in [0.25, 0.3) is 0 Å². The monoisotopic (exact) mass is 281 g/mol. The van der Waals surface area contributed by atoms with Crippen LogP contribution in [0.4, 0.5) is 13.2 Å². The Hall–Kier alpha value is -1.62. The molecule has 98 valence electrons. The number of halogens is 3. The van der Waals surface area contributed by atoms with Crippen molar-refractivity contribution in [3.05, 3.63) is 57.5 Å². The summed E-state index contributed by atoms with van der Waals surface area (Å²) >= 11 is 1.59. The summed E-state index contributed by atoms with van der Waals surface area (Å²) in [5, 5.41) is 1.96. The molecule has 1 nitrogen and oxygen atoms in total. The van der Waals surface area contributed by atoms with Gasteiger partial charge in [0.25, 0.3) is 0 Å². The van der Waals surface area contributed by atoms with Crippen molar-refractivity contribution < 1.29 is 13.2 Å². The van der Waals surface area contributed by atoms with Crippen LogP contribution in [0.5, 0.6) is 0 Å². The first-order valence-electron chi connectivity index (χ1n) is 5.91. The maximum absolute atomic E-state index is 13.7. The maximum Gasteiger partial charge on any atom is 0.195 e. The number of nitrogens with zero attached hydrogens (tertiary/aromatic N) is 1. The fourth-order valence-electron chi connectivity index (χ4n) is 2.23. The van der Waals surface area contributed by atoms with Crippen molar-refractivity contribution in [3.8, 4) is 0 Å². The van der Waals surface area contributed by atoms with Crippen LogP contribution < -0.4 is 0 Å². The summed E-state index contributed by atoms with van der Waals surface area (Å²) in [4.78, 5) is 5.54. The molecule has 3 rings (SSSR count). The Balaban J connectivity index is 1.96. The fourth-order valence-corrected chi connectivity index (χ4v) is 3.03. The van der Waals surface area contributed by atoms with Gasteiger partial charge in [0.15, 0.2) is 17.5 Å². The van der Waals surface area contributed by atoms with Gasteiger partial charge in [-0.1, -0.05) is 6.07 Å². The minimum Gasteiger partial charge on any atom is -0.280 e. The summed E-state index contributed by atoms with van der Waals surface area (Å²) in [6.45, 7) is 0. The van der Waals surface area contributed by atoms with Crippen LogP contribution in [0.3, 0.4) is 0 Å². The van der Waals surface area contributed by atoms with Gasteiger partial charge in [-0.2, -0.15) is 0 Å². The molecule has 1 aromatic carbocycles. The number of hydrogen-bond donors (Lipinski definition) is 0. The van der Waals surface area contributed by atoms with E-state index in [1.54, 1.807) is 11.3 Å². The molecule has 0 bridgehead atoms. The third-order valence-corrected chi connectivity index (χ3v) is 4.16. The fraction of sp³-hybridized carbons (Fsp3) is 0.214. The van der Waals surface area contributed by atoms with Crippen LogP contribution in [0, 0.1) is 17.5 Å². The lowest BCUT2D eigenvalue weighted by Crippen LogP contribution is -2.04. The van der Waals surface area contributed by atoms with Crippen LogP contribution in [-0.2, 0) is 0 Å². The first kappa shape index (κ1) is 12.4. The van der Waals surface area contributed by atoms with Crippen LogP contribution in [0.2, 0.25) is 0 Å². The van der Waals surface area contributed by atoms with E-state index in [2.05, 4.69) is 4.99 Å². The Morgan fingerprint density at radius 2 is 1.95 bits per heavy atom. The van der Waals surface area contributed by atoms with Gasteiger partial charge >= 0.3 is 0 Å². The van der Waals surface area contributed by atoms with E-state index in [9.17, 15) is 13.2 Å². The quantitative estimate of drug-likeness (QED) is 0.719. The third kappa shape index (κ3) is 2.18. The van der Waals surface area contributed by atoms with Gasteiger partial charge in [-0.3, -0.25) is 4.99 Å². The topological polar surface area (TPSA) is 12.4 Å². The highest BCUT2D eigenvalue weighted by Crippen LogP contribution is 2.34. The highest BCUT2D eigenvalue weighted by atomic mass is 32.1. The standard InChI is InChI=1S/C14H10F3NS/c15-9-4-3-8(13(16)14(9)17)10-5-6-11(18-10)12-2-1-7-19-12/h1-4,7,11H,5-6H2. The number of rotatable bonds is 2. The zero-order valence-electron chi connectivity index (χ0n) is 9.87. The van der Waals surface area contributed by atoms with Crippen molar-refractivity contribution in [1.82, 2.24) is 0 Å². The second-order valence-corrected chi connectivity index (χ2v) is 5.35. The van der Waals surface area contributed by atoms with Gasteiger partial charge in [-0.25, -0.2) is 13.2 Å². The normalized spacial score (nSPS) is 18.7. The van der Waals surface area contributed by atoms with E-state index in [0.717, 1.165) is 17.4 Å². The highest BCUT2D eigenvalue weighted by Gasteiger charge is 2.24. The molecule has 1 aliphatic rings. The third-order valence-electron chi connectivity index (χ3n) is 3.18. The lowest BCUT2D eigenvalue weighted by atomic mass is 10.1. The lowest BCUT2D eigenvalue weighted by Gasteiger charge is -2.04. The van der Waals surface area contributed by atoms with Gasteiger partial charge in [-0.15, -0.1) is 11.3 Å². The first-order chi connectivity index (χ1) is 9.16. The second kappa shape index (κ2) is 4.81. The van der Waals surface area contributed by atoms with Crippen LogP contribution in [-0.4, -0.2) is 5.71 Å². The van der Waals surface area contributed by atoms with Gasteiger partial charge in [0.1, 0.15) is 0 Å². The summed E-state index contributed by atoms with van der Waals surface area (Å²) < 4.78 is 39.8. The molecule has 0 saturated carbocycles. The molecule has 1 atom stereocenters. The second-order valence-electron chi connectivity index (χ2n) is 4.37. The predicted octanol–water partition coefficient (Wildman–Crippen LogP) is 4.49. The summed E-state index contributed by atoms with van der Waals surface area (Å²) in [6, 6.07) is 6.11. The number of aliphatic imine (C=N–C) groups is 1. The minimum absolute atomic E-state index is 0.00233. The predicted molar refractivity (Wildman–Crippen MR) is 69.1 cm³/mol. The van der Waals surface area contributed by atoms with E-state index in [1.807, 2.05) is 17.5 Å². The van der Waals surface area contributed by atoms with E-state index in [0.29, 0.717) is 12.1 Å². The van der Waals surface area contributed by atoms with Crippen molar-refractivity contribution in [3.63, 3.8) is 0 Å². The molecule has 0 saturated heterocycles. The van der Waals surface area contributed by atoms with E-state index < -0.39 is 17.5 Å². The number of hydrogen-bond acceptors (Lipinski definition) is 2. The Labute approximate surface area is 112 Å². The molecule has 0 fully saturated rings. The molecule has 1 aliphatic heterocycles. The summed E-state index contributed by atoms with van der Waals surface area (Å²) in [5.41, 5.74) is 0.577. The minimum atomic E-state index is -1.43. The lowest BCUT2D eigenvalue weighted by molar-refractivity contribution is 0.446. The first-order valence-corrected chi connectivity index (χ1v) is 6.78. The summed E-state index contributed by atoms with van der Waals surface area (Å²) in [6.07, 6.45) is 1.35.